The Bertz CT molecular complexity index is 816. The Labute approximate surface area is 178 Å². The standard InChI is InChI=1S/C21H26BrN3O4/c22-16-5-3-4-15(14-16)20(9-12-29-13-10-20)23-17(26)6-11-25-18(27)21(24-19(25)28)7-1-2-8-21/h3-5,14H,1-2,6-13H2,(H,23,26)(H,24,28). The van der Waals surface area contributed by atoms with Crippen LogP contribution in [0, 0.1) is 0 Å². The SMILES string of the molecule is O=C(CCN1C(=O)NC2(CCCC2)C1=O)NC1(c2cccc(Br)c2)CCOCC1. The normalized spacial score (nSPS) is 22.7. The van der Waals surface area contributed by atoms with Crippen molar-refractivity contribution in [2.75, 3.05) is 19.8 Å². The molecule has 2 aliphatic heterocycles. The third-order valence-electron chi connectivity index (χ3n) is 6.37. The largest absolute Gasteiger partial charge is 0.381 e. The molecule has 3 fully saturated rings. The summed E-state index contributed by atoms with van der Waals surface area (Å²) in [6.45, 7) is 1.24. The summed E-state index contributed by atoms with van der Waals surface area (Å²) in [5, 5.41) is 6.04. The molecule has 29 heavy (non-hydrogen) atoms. The lowest BCUT2D eigenvalue weighted by Gasteiger charge is -2.38. The maximum absolute atomic E-state index is 12.8. The van der Waals surface area contributed by atoms with Crippen molar-refractivity contribution in [2.24, 2.45) is 0 Å². The number of benzene rings is 1. The molecule has 0 radical (unpaired) electrons. The van der Waals surface area contributed by atoms with Crippen LogP contribution in [0.4, 0.5) is 4.79 Å². The van der Waals surface area contributed by atoms with Crippen molar-refractivity contribution < 1.29 is 19.1 Å². The Kier molecular flexibility index (Phi) is 5.66. The van der Waals surface area contributed by atoms with Crippen molar-refractivity contribution in [3.05, 3.63) is 34.3 Å². The molecule has 0 bridgehead atoms. The molecule has 1 aliphatic carbocycles. The second kappa shape index (κ2) is 8.07. The van der Waals surface area contributed by atoms with Gasteiger partial charge < -0.3 is 15.4 Å². The summed E-state index contributed by atoms with van der Waals surface area (Å²) in [4.78, 5) is 39.1. The number of nitrogens with zero attached hydrogens (tertiary/aromatic N) is 1. The number of rotatable bonds is 5. The maximum atomic E-state index is 12.8. The monoisotopic (exact) mass is 463 g/mol. The Hall–Kier alpha value is -1.93. The first-order chi connectivity index (χ1) is 13.9. The molecule has 156 valence electrons. The number of hydrogen-bond donors (Lipinski definition) is 2. The first-order valence-corrected chi connectivity index (χ1v) is 11.0. The lowest BCUT2D eigenvalue weighted by molar-refractivity contribution is -0.131. The van der Waals surface area contributed by atoms with Gasteiger partial charge in [-0.05, 0) is 43.4 Å². The highest BCUT2D eigenvalue weighted by molar-refractivity contribution is 9.10. The topological polar surface area (TPSA) is 87.7 Å². The average Bonchev–Trinajstić information content (AvgIpc) is 3.26. The highest BCUT2D eigenvalue weighted by atomic mass is 79.9. The lowest BCUT2D eigenvalue weighted by atomic mass is 9.82. The molecule has 0 atom stereocenters. The Morgan fingerprint density at radius 1 is 1.17 bits per heavy atom. The van der Waals surface area contributed by atoms with E-state index in [-0.39, 0.29) is 30.8 Å². The minimum absolute atomic E-state index is 0.0891. The van der Waals surface area contributed by atoms with Crippen LogP contribution in [0.3, 0.4) is 0 Å². The molecule has 2 saturated heterocycles. The molecule has 7 nitrogen and oxygen atoms in total. The number of carbonyl (C=O) groups is 3. The molecule has 8 heteroatoms. The number of hydrogen-bond acceptors (Lipinski definition) is 4. The summed E-state index contributed by atoms with van der Waals surface area (Å²) < 4.78 is 6.47. The predicted molar refractivity (Wildman–Crippen MR) is 110 cm³/mol. The van der Waals surface area contributed by atoms with Crippen LogP contribution >= 0.6 is 15.9 Å². The zero-order valence-electron chi connectivity index (χ0n) is 16.3. The summed E-state index contributed by atoms with van der Waals surface area (Å²) in [5.74, 6) is -0.347. The van der Waals surface area contributed by atoms with Gasteiger partial charge in [-0.3, -0.25) is 14.5 Å². The maximum Gasteiger partial charge on any atom is 0.325 e. The van der Waals surface area contributed by atoms with Gasteiger partial charge >= 0.3 is 6.03 Å². The summed E-state index contributed by atoms with van der Waals surface area (Å²) >= 11 is 3.50. The fourth-order valence-corrected chi connectivity index (χ4v) is 5.13. The van der Waals surface area contributed by atoms with E-state index in [0.717, 1.165) is 22.9 Å². The van der Waals surface area contributed by atoms with Crippen molar-refractivity contribution in [1.29, 1.82) is 0 Å². The number of amides is 4. The molecule has 1 saturated carbocycles. The van der Waals surface area contributed by atoms with Gasteiger partial charge in [0.25, 0.3) is 5.91 Å². The predicted octanol–water partition coefficient (Wildman–Crippen LogP) is 2.83. The van der Waals surface area contributed by atoms with Crippen LogP contribution in [0.1, 0.15) is 50.5 Å². The summed E-state index contributed by atoms with van der Waals surface area (Å²) in [7, 11) is 0. The molecule has 2 heterocycles. The van der Waals surface area contributed by atoms with E-state index in [0.29, 0.717) is 38.9 Å². The van der Waals surface area contributed by atoms with E-state index in [2.05, 4.69) is 26.6 Å². The molecule has 1 aromatic carbocycles. The fraction of sp³-hybridized carbons (Fsp3) is 0.571. The van der Waals surface area contributed by atoms with Gasteiger partial charge in [-0.25, -0.2) is 4.79 Å². The first-order valence-electron chi connectivity index (χ1n) is 10.2. The van der Waals surface area contributed by atoms with Crippen LogP contribution in [-0.4, -0.2) is 48.0 Å². The Morgan fingerprint density at radius 2 is 1.90 bits per heavy atom. The van der Waals surface area contributed by atoms with Crippen molar-refractivity contribution in [2.45, 2.75) is 56.0 Å². The van der Waals surface area contributed by atoms with Crippen LogP contribution in [0.25, 0.3) is 0 Å². The molecule has 0 aromatic heterocycles. The van der Waals surface area contributed by atoms with Crippen molar-refractivity contribution in [3.8, 4) is 0 Å². The number of ether oxygens (including phenoxy) is 1. The third kappa shape index (κ3) is 3.92. The fourth-order valence-electron chi connectivity index (χ4n) is 4.73. The quantitative estimate of drug-likeness (QED) is 0.657. The smallest absolute Gasteiger partial charge is 0.325 e. The molecule has 4 rings (SSSR count). The van der Waals surface area contributed by atoms with Crippen LogP contribution < -0.4 is 10.6 Å². The van der Waals surface area contributed by atoms with Crippen LogP contribution in [-0.2, 0) is 19.9 Å². The van der Waals surface area contributed by atoms with Crippen LogP contribution in [0.2, 0.25) is 0 Å². The second-order valence-electron chi connectivity index (χ2n) is 8.18. The Balaban J connectivity index is 1.42. The van der Waals surface area contributed by atoms with Crippen molar-refractivity contribution in [1.82, 2.24) is 15.5 Å². The molecule has 2 N–H and O–H groups in total. The van der Waals surface area contributed by atoms with Gasteiger partial charge in [0.15, 0.2) is 0 Å². The van der Waals surface area contributed by atoms with E-state index in [1.807, 2.05) is 24.3 Å². The minimum atomic E-state index is -0.730. The third-order valence-corrected chi connectivity index (χ3v) is 6.86. The first kappa shape index (κ1) is 20.3. The van der Waals surface area contributed by atoms with Gasteiger partial charge in [-0.15, -0.1) is 0 Å². The number of nitrogens with one attached hydrogen (secondary N) is 2. The molecule has 0 unspecified atom stereocenters. The summed E-state index contributed by atoms with van der Waals surface area (Å²) in [5.41, 5.74) is -0.196. The van der Waals surface area contributed by atoms with Crippen molar-refractivity contribution in [3.63, 3.8) is 0 Å². The average molecular weight is 464 g/mol. The zero-order valence-corrected chi connectivity index (χ0v) is 17.9. The van der Waals surface area contributed by atoms with Gasteiger partial charge in [-0.2, -0.15) is 0 Å². The number of halogens is 1. The molecule has 1 spiro atoms. The van der Waals surface area contributed by atoms with Gasteiger partial charge in [0.1, 0.15) is 5.54 Å². The van der Waals surface area contributed by atoms with E-state index in [9.17, 15) is 14.4 Å². The van der Waals surface area contributed by atoms with Gasteiger partial charge in [0.05, 0.1) is 5.54 Å². The molecular weight excluding hydrogens is 438 g/mol. The van der Waals surface area contributed by atoms with E-state index in [1.165, 1.54) is 4.90 Å². The minimum Gasteiger partial charge on any atom is -0.381 e. The van der Waals surface area contributed by atoms with Gasteiger partial charge in [0, 0.05) is 30.7 Å². The number of carbonyl (C=O) groups excluding carboxylic acids is 3. The number of imide groups is 1. The van der Waals surface area contributed by atoms with E-state index in [4.69, 9.17) is 4.74 Å². The molecule has 3 aliphatic rings. The Morgan fingerprint density at radius 3 is 2.59 bits per heavy atom. The second-order valence-corrected chi connectivity index (χ2v) is 9.09. The molecule has 1 aromatic rings. The van der Waals surface area contributed by atoms with E-state index >= 15 is 0 Å². The molecule has 4 amide bonds. The van der Waals surface area contributed by atoms with Crippen LogP contribution in [0.5, 0.6) is 0 Å². The van der Waals surface area contributed by atoms with Gasteiger partial charge in [0.2, 0.25) is 5.91 Å². The van der Waals surface area contributed by atoms with Gasteiger partial charge in [-0.1, -0.05) is 40.9 Å². The van der Waals surface area contributed by atoms with Crippen molar-refractivity contribution >= 4 is 33.8 Å². The highest BCUT2D eigenvalue weighted by Gasteiger charge is 2.52. The van der Waals surface area contributed by atoms with E-state index < -0.39 is 11.1 Å². The number of urea groups is 1. The van der Waals surface area contributed by atoms with E-state index in [1.54, 1.807) is 0 Å². The highest BCUT2D eigenvalue weighted by Crippen LogP contribution is 2.36. The summed E-state index contributed by atoms with van der Waals surface area (Å²) in [6, 6.07) is 7.56. The zero-order chi connectivity index (χ0) is 20.5. The summed E-state index contributed by atoms with van der Waals surface area (Å²) in [6.07, 6.45) is 4.71. The van der Waals surface area contributed by atoms with Crippen LogP contribution in [0.15, 0.2) is 28.7 Å². The molecular formula is C21H26BrN3O4. The lowest BCUT2D eigenvalue weighted by Crippen LogP contribution is -2.50.